The van der Waals surface area contributed by atoms with E-state index in [0.717, 1.165) is 5.75 Å². The maximum absolute atomic E-state index is 7.00. The minimum Gasteiger partial charge on any atom is -0.429 e. The molecule has 0 unspecified atom stereocenters. The Bertz CT molecular complexity index is 182. The Labute approximate surface area is 77.9 Å². The number of hydrogen-bond acceptors (Lipinski definition) is 3. The first-order chi connectivity index (χ1) is 5.85. The van der Waals surface area contributed by atoms with Crippen molar-refractivity contribution < 1.29 is 10.0 Å². The van der Waals surface area contributed by atoms with Gasteiger partial charge in [-0.1, -0.05) is 25.1 Å². The van der Waals surface area contributed by atoms with Crippen LogP contribution in [-0.2, 0) is 0 Å². The van der Waals surface area contributed by atoms with Gasteiger partial charge in [0.05, 0.1) is 0 Å². The Morgan fingerprint density at radius 3 is 2.17 bits per heavy atom. The van der Waals surface area contributed by atoms with Crippen LogP contribution in [0, 0.1) is 0 Å². The monoisotopic (exact) mass is 183 g/mol. The number of benzene rings is 1. The molecule has 0 amide bonds. The van der Waals surface area contributed by atoms with Gasteiger partial charge in [0, 0.05) is 4.90 Å². The summed E-state index contributed by atoms with van der Waals surface area (Å²) in [4.78, 5) is 1.36. The Kier molecular flexibility index (Phi) is 8.33. The first kappa shape index (κ1) is 11.6. The molecule has 4 heteroatoms. The second-order valence-electron chi connectivity index (χ2n) is 1.86. The summed E-state index contributed by atoms with van der Waals surface area (Å²) in [6.45, 7) is 2.16. The largest absolute Gasteiger partial charge is 0.482 e. The molecule has 65 valence electrons. The maximum atomic E-state index is 7.00. The van der Waals surface area contributed by atoms with Crippen LogP contribution in [0.3, 0.4) is 0 Å². The lowest BCUT2D eigenvalue weighted by molar-refractivity contribution is 0.448. The molecule has 1 aromatic rings. The van der Waals surface area contributed by atoms with Gasteiger partial charge in [-0.15, -0.1) is 11.8 Å². The Hall–Kier alpha value is -0.445. The lowest BCUT2D eigenvalue weighted by Crippen LogP contribution is -1.75. The molecule has 0 aliphatic rings. The molecule has 0 saturated carbocycles. The first-order valence-electron chi connectivity index (χ1n) is 3.63. The second-order valence-corrected chi connectivity index (χ2v) is 3.20. The first-order valence-corrected chi connectivity index (χ1v) is 4.61. The van der Waals surface area contributed by atoms with Crippen LogP contribution in [0.25, 0.3) is 0 Å². The number of rotatable bonds is 2. The standard InChI is InChI=1S/C8H10S.BH2O2/c1-2-9-8-6-4-3-5-7-8;2-1-3/h3-7H,2H2,1H3;2-3H. The molecule has 12 heavy (non-hydrogen) atoms. The summed E-state index contributed by atoms with van der Waals surface area (Å²) in [6, 6.07) is 10.4. The van der Waals surface area contributed by atoms with Crippen molar-refractivity contribution in [3.05, 3.63) is 30.3 Å². The Balaban J connectivity index is 0.000000354. The van der Waals surface area contributed by atoms with Crippen molar-refractivity contribution in [1.29, 1.82) is 0 Å². The highest BCUT2D eigenvalue weighted by Gasteiger charge is 1.84. The van der Waals surface area contributed by atoms with Crippen molar-refractivity contribution in [2.75, 3.05) is 5.75 Å². The average molecular weight is 183 g/mol. The summed E-state index contributed by atoms with van der Waals surface area (Å²) in [5.41, 5.74) is 0. The molecule has 0 heterocycles. The quantitative estimate of drug-likeness (QED) is 0.536. The third-order valence-electron chi connectivity index (χ3n) is 1.05. The van der Waals surface area contributed by atoms with E-state index < -0.39 is 0 Å². The SMILES string of the molecule is CCSc1ccccc1.O[B]O. The summed E-state index contributed by atoms with van der Waals surface area (Å²) in [5, 5.41) is 14.0. The van der Waals surface area contributed by atoms with Gasteiger partial charge in [-0.05, 0) is 17.9 Å². The molecule has 0 aromatic heterocycles. The van der Waals surface area contributed by atoms with Crippen molar-refractivity contribution in [3.63, 3.8) is 0 Å². The molecule has 0 aliphatic heterocycles. The molecule has 0 aliphatic carbocycles. The molecular formula is C8H12BO2S. The van der Waals surface area contributed by atoms with Crippen molar-refractivity contribution in [2.24, 2.45) is 0 Å². The van der Waals surface area contributed by atoms with Crippen LogP contribution in [0.2, 0.25) is 0 Å². The minimum absolute atomic E-state index is 0. The summed E-state index contributed by atoms with van der Waals surface area (Å²) in [6.07, 6.45) is 0. The molecular weight excluding hydrogens is 171 g/mol. The van der Waals surface area contributed by atoms with E-state index in [0.29, 0.717) is 0 Å². The van der Waals surface area contributed by atoms with Gasteiger partial charge in [0.25, 0.3) is 0 Å². The molecule has 0 spiro atoms. The zero-order chi connectivity index (χ0) is 9.23. The smallest absolute Gasteiger partial charge is 0.429 e. The summed E-state index contributed by atoms with van der Waals surface area (Å²) >= 11 is 1.88. The fourth-order valence-corrected chi connectivity index (χ4v) is 1.37. The molecule has 2 N–H and O–H groups in total. The van der Waals surface area contributed by atoms with Crippen molar-refractivity contribution >= 4 is 19.4 Å². The van der Waals surface area contributed by atoms with E-state index in [2.05, 4.69) is 31.2 Å². The van der Waals surface area contributed by atoms with Gasteiger partial charge in [-0.2, -0.15) is 0 Å². The molecule has 0 bridgehead atoms. The van der Waals surface area contributed by atoms with E-state index in [9.17, 15) is 0 Å². The van der Waals surface area contributed by atoms with Gasteiger partial charge >= 0.3 is 7.69 Å². The van der Waals surface area contributed by atoms with Gasteiger partial charge in [0.15, 0.2) is 0 Å². The van der Waals surface area contributed by atoms with Crippen LogP contribution in [0.1, 0.15) is 6.92 Å². The Morgan fingerprint density at radius 2 is 1.75 bits per heavy atom. The van der Waals surface area contributed by atoms with Crippen molar-refractivity contribution in [2.45, 2.75) is 11.8 Å². The van der Waals surface area contributed by atoms with Crippen LogP contribution in [0.5, 0.6) is 0 Å². The molecule has 1 radical (unpaired) electrons. The van der Waals surface area contributed by atoms with E-state index in [1.807, 2.05) is 17.8 Å². The van der Waals surface area contributed by atoms with Gasteiger partial charge in [0.2, 0.25) is 0 Å². The Morgan fingerprint density at radius 1 is 1.25 bits per heavy atom. The zero-order valence-electron chi connectivity index (χ0n) is 6.97. The molecule has 0 atom stereocenters. The molecule has 0 fully saturated rings. The summed E-state index contributed by atoms with van der Waals surface area (Å²) < 4.78 is 0. The van der Waals surface area contributed by atoms with Gasteiger partial charge < -0.3 is 10.0 Å². The highest BCUT2D eigenvalue weighted by Crippen LogP contribution is 2.15. The van der Waals surface area contributed by atoms with Crippen LogP contribution in [0.15, 0.2) is 35.2 Å². The second kappa shape index (κ2) is 8.65. The van der Waals surface area contributed by atoms with Crippen LogP contribution < -0.4 is 0 Å². The van der Waals surface area contributed by atoms with E-state index in [-0.39, 0.29) is 7.69 Å². The van der Waals surface area contributed by atoms with Gasteiger partial charge in [-0.25, -0.2) is 0 Å². The third-order valence-corrected chi connectivity index (χ3v) is 1.95. The van der Waals surface area contributed by atoms with E-state index in [4.69, 9.17) is 10.0 Å². The minimum atomic E-state index is 0. The number of thioether (sulfide) groups is 1. The normalized spacial score (nSPS) is 8.25. The molecule has 1 rings (SSSR count). The van der Waals surface area contributed by atoms with Crippen LogP contribution in [-0.4, -0.2) is 23.5 Å². The van der Waals surface area contributed by atoms with Crippen molar-refractivity contribution in [3.8, 4) is 0 Å². The topological polar surface area (TPSA) is 40.5 Å². The number of hydrogen-bond donors (Lipinski definition) is 2. The summed E-state index contributed by atoms with van der Waals surface area (Å²) in [5.74, 6) is 1.16. The predicted octanol–water partition coefficient (Wildman–Crippen LogP) is 1.30. The van der Waals surface area contributed by atoms with E-state index >= 15 is 0 Å². The fraction of sp³-hybridized carbons (Fsp3) is 0.250. The van der Waals surface area contributed by atoms with Crippen LogP contribution in [0.4, 0.5) is 0 Å². The van der Waals surface area contributed by atoms with E-state index in [1.54, 1.807) is 0 Å². The highest BCUT2D eigenvalue weighted by molar-refractivity contribution is 7.99. The predicted molar refractivity (Wildman–Crippen MR) is 53.0 cm³/mol. The molecule has 0 saturated heterocycles. The van der Waals surface area contributed by atoms with Crippen LogP contribution >= 0.6 is 11.8 Å². The zero-order valence-corrected chi connectivity index (χ0v) is 7.79. The van der Waals surface area contributed by atoms with Gasteiger partial charge in [-0.3, -0.25) is 0 Å². The maximum Gasteiger partial charge on any atom is 0.482 e. The lowest BCUT2D eigenvalue weighted by atomic mass is 10.4. The van der Waals surface area contributed by atoms with Gasteiger partial charge in [0.1, 0.15) is 0 Å². The highest BCUT2D eigenvalue weighted by atomic mass is 32.2. The average Bonchev–Trinajstić information content (AvgIpc) is 2.08. The van der Waals surface area contributed by atoms with E-state index in [1.165, 1.54) is 4.90 Å². The third kappa shape index (κ3) is 6.28. The van der Waals surface area contributed by atoms with Crippen molar-refractivity contribution in [1.82, 2.24) is 0 Å². The fourth-order valence-electron chi connectivity index (χ4n) is 0.683. The summed E-state index contributed by atoms with van der Waals surface area (Å²) in [7, 11) is 0. The molecule has 1 aromatic carbocycles. The molecule has 2 nitrogen and oxygen atoms in total. The lowest BCUT2D eigenvalue weighted by Gasteiger charge is -1.93.